The first-order chi connectivity index (χ1) is 17.5. The van der Waals surface area contributed by atoms with E-state index in [9.17, 15) is 29.4 Å². The number of carbonyl (C=O) groups excluding carboxylic acids is 3. The average Bonchev–Trinajstić information content (AvgIpc) is 3.52. The Kier molecular flexibility index (Phi) is 9.28. The number of fused-ring (bicyclic) bond motifs is 1. The first kappa shape index (κ1) is 28.1. The van der Waals surface area contributed by atoms with Gasteiger partial charge in [0.05, 0.1) is 12.1 Å². The number of nitrogens with two attached hydrogens (primary N) is 1. The summed E-state index contributed by atoms with van der Waals surface area (Å²) in [5.74, 6) is -3.23. The van der Waals surface area contributed by atoms with E-state index in [1.54, 1.807) is 6.92 Å². The van der Waals surface area contributed by atoms with Gasteiger partial charge in [-0.2, -0.15) is 0 Å². The third-order valence-corrected chi connectivity index (χ3v) is 7.11. The van der Waals surface area contributed by atoms with Crippen LogP contribution in [0.3, 0.4) is 0 Å². The molecule has 0 radical (unpaired) electrons. The number of carbonyl (C=O) groups is 4. The zero-order valence-electron chi connectivity index (χ0n) is 21.4. The number of likely N-dealkylation sites (tertiary alicyclic amines) is 1. The number of aliphatic hydroxyl groups is 1. The van der Waals surface area contributed by atoms with Crippen molar-refractivity contribution < 1.29 is 29.4 Å². The molecule has 0 aliphatic carbocycles. The molecule has 0 bridgehead atoms. The van der Waals surface area contributed by atoms with Gasteiger partial charge in [-0.05, 0) is 43.7 Å². The number of aromatic nitrogens is 1. The van der Waals surface area contributed by atoms with Gasteiger partial charge in [0.15, 0.2) is 6.04 Å². The van der Waals surface area contributed by atoms with Crippen LogP contribution in [0.4, 0.5) is 0 Å². The van der Waals surface area contributed by atoms with E-state index in [2.05, 4.69) is 15.6 Å². The molecule has 1 aliphatic rings. The number of nitrogens with one attached hydrogen (secondary N) is 3. The number of hydrogen-bond acceptors (Lipinski definition) is 6. The number of amides is 3. The van der Waals surface area contributed by atoms with E-state index >= 15 is 0 Å². The molecule has 1 aromatic heterocycles. The Labute approximate surface area is 215 Å². The highest BCUT2D eigenvalue weighted by atomic mass is 16.4. The lowest BCUT2D eigenvalue weighted by Gasteiger charge is -2.30. The fourth-order valence-electron chi connectivity index (χ4n) is 4.72. The number of aliphatic carboxylic acids is 1. The van der Waals surface area contributed by atoms with Crippen LogP contribution in [0, 0.1) is 5.92 Å². The maximum absolute atomic E-state index is 13.3. The van der Waals surface area contributed by atoms with Gasteiger partial charge in [-0.3, -0.25) is 14.4 Å². The van der Waals surface area contributed by atoms with Crippen molar-refractivity contribution in [1.82, 2.24) is 20.5 Å². The Bertz CT molecular complexity index is 1130. The van der Waals surface area contributed by atoms with Crippen LogP contribution >= 0.6 is 0 Å². The van der Waals surface area contributed by atoms with Crippen LogP contribution in [-0.2, 0) is 25.6 Å². The fraction of sp³-hybridized carbons (Fsp3) is 0.538. The van der Waals surface area contributed by atoms with Crippen LogP contribution in [-0.4, -0.2) is 80.6 Å². The van der Waals surface area contributed by atoms with Crippen molar-refractivity contribution in [2.45, 2.75) is 76.7 Å². The minimum atomic E-state index is -1.51. The molecule has 3 rings (SSSR count). The molecule has 3 amide bonds. The summed E-state index contributed by atoms with van der Waals surface area (Å²) in [6.07, 6.45) is 2.40. The van der Waals surface area contributed by atoms with Crippen LogP contribution in [0.5, 0.6) is 0 Å². The van der Waals surface area contributed by atoms with E-state index < -0.39 is 48.1 Å². The number of aromatic amines is 1. The molecule has 2 aromatic rings. The van der Waals surface area contributed by atoms with Crippen molar-refractivity contribution in [2.75, 3.05) is 6.54 Å². The molecule has 6 unspecified atom stereocenters. The fourth-order valence-corrected chi connectivity index (χ4v) is 4.72. The maximum Gasteiger partial charge on any atom is 0.328 e. The first-order valence-electron chi connectivity index (χ1n) is 12.7. The van der Waals surface area contributed by atoms with Crippen molar-refractivity contribution in [3.05, 3.63) is 36.0 Å². The molecule has 11 heteroatoms. The van der Waals surface area contributed by atoms with E-state index in [1.165, 1.54) is 11.8 Å². The topological polar surface area (TPSA) is 178 Å². The van der Waals surface area contributed by atoms with Gasteiger partial charge in [-0.15, -0.1) is 0 Å². The predicted octanol–water partition coefficient (Wildman–Crippen LogP) is 0.510. The first-order valence-corrected chi connectivity index (χ1v) is 12.7. The Hall–Kier alpha value is -3.44. The highest BCUT2D eigenvalue weighted by Gasteiger charge is 2.39. The standard InChI is InChI=1S/C26H37N5O6/c1-4-14(2)21(24(34)30-22(15(3)32)26(36)37)29-23(33)20-10-7-11-31(20)25(35)18(27)12-16-13-28-19-9-6-5-8-17(16)19/h5-6,8-9,13-15,18,20-22,28,32H,4,7,10-12,27H2,1-3H3,(H,29,33)(H,30,34)(H,36,37). The van der Waals surface area contributed by atoms with Gasteiger partial charge < -0.3 is 36.5 Å². The normalized spacial score (nSPS) is 19.6. The van der Waals surface area contributed by atoms with Crippen LogP contribution in [0.15, 0.2) is 30.5 Å². The number of carboxylic acids is 1. The van der Waals surface area contributed by atoms with Crippen molar-refractivity contribution >= 4 is 34.6 Å². The molecule has 1 fully saturated rings. The van der Waals surface area contributed by atoms with Crippen LogP contribution in [0.25, 0.3) is 10.9 Å². The lowest BCUT2D eigenvalue weighted by Crippen LogP contribution is -2.59. The second-order valence-corrected chi connectivity index (χ2v) is 9.80. The van der Waals surface area contributed by atoms with Gasteiger partial charge in [0.25, 0.3) is 0 Å². The van der Waals surface area contributed by atoms with Crippen LogP contribution in [0.2, 0.25) is 0 Å². The highest BCUT2D eigenvalue weighted by molar-refractivity contribution is 5.95. The average molecular weight is 516 g/mol. The lowest BCUT2D eigenvalue weighted by atomic mass is 9.97. The Morgan fingerprint density at radius 1 is 1.16 bits per heavy atom. The molecule has 37 heavy (non-hydrogen) atoms. The van der Waals surface area contributed by atoms with E-state index in [1.807, 2.05) is 37.4 Å². The zero-order chi connectivity index (χ0) is 27.3. The number of para-hydroxylation sites is 1. The summed E-state index contributed by atoms with van der Waals surface area (Å²) in [5.41, 5.74) is 8.16. The van der Waals surface area contributed by atoms with Gasteiger partial charge in [0, 0.05) is 23.6 Å². The van der Waals surface area contributed by atoms with Gasteiger partial charge in [0.1, 0.15) is 12.1 Å². The molecule has 0 spiro atoms. The zero-order valence-corrected chi connectivity index (χ0v) is 21.4. The third kappa shape index (κ3) is 6.47. The van der Waals surface area contributed by atoms with E-state index in [-0.39, 0.29) is 11.8 Å². The second-order valence-electron chi connectivity index (χ2n) is 9.80. The van der Waals surface area contributed by atoms with Gasteiger partial charge in [-0.25, -0.2) is 4.79 Å². The Morgan fingerprint density at radius 2 is 1.86 bits per heavy atom. The summed E-state index contributed by atoms with van der Waals surface area (Å²) in [6, 6.07) is 3.56. The summed E-state index contributed by atoms with van der Waals surface area (Å²) in [6.45, 7) is 5.24. The molecular formula is C26H37N5O6. The SMILES string of the molecule is CCC(C)C(NC(=O)C1CCCN1C(=O)C(N)Cc1c[nH]c2ccccc12)C(=O)NC(C(=O)O)C(C)O. The summed E-state index contributed by atoms with van der Waals surface area (Å²) in [5, 5.41) is 25.0. The Morgan fingerprint density at radius 3 is 2.51 bits per heavy atom. The molecule has 11 nitrogen and oxygen atoms in total. The van der Waals surface area contributed by atoms with Crippen molar-refractivity contribution in [2.24, 2.45) is 11.7 Å². The van der Waals surface area contributed by atoms with Crippen molar-refractivity contribution in [3.8, 4) is 0 Å². The number of hydrogen-bond donors (Lipinski definition) is 6. The minimum Gasteiger partial charge on any atom is -0.480 e. The number of H-pyrrole nitrogens is 1. The molecule has 1 saturated heterocycles. The number of aliphatic hydroxyl groups excluding tert-OH is 1. The maximum atomic E-state index is 13.3. The van der Waals surface area contributed by atoms with Gasteiger partial charge in [-0.1, -0.05) is 38.5 Å². The molecule has 1 aromatic carbocycles. The number of rotatable bonds is 11. The van der Waals surface area contributed by atoms with Crippen molar-refractivity contribution in [1.29, 1.82) is 0 Å². The van der Waals surface area contributed by atoms with Crippen molar-refractivity contribution in [3.63, 3.8) is 0 Å². The number of carboxylic acid groups (broad SMARTS) is 1. The second kappa shape index (κ2) is 12.2. The Balaban J connectivity index is 1.70. The monoisotopic (exact) mass is 515 g/mol. The molecule has 7 N–H and O–H groups in total. The van der Waals surface area contributed by atoms with Crippen LogP contribution in [0.1, 0.15) is 45.6 Å². The lowest BCUT2D eigenvalue weighted by molar-refractivity contribution is -0.146. The minimum absolute atomic E-state index is 0.307. The third-order valence-electron chi connectivity index (χ3n) is 7.11. The number of nitrogens with zero attached hydrogens (tertiary/aromatic N) is 1. The van der Waals surface area contributed by atoms with E-state index in [0.717, 1.165) is 16.5 Å². The van der Waals surface area contributed by atoms with Gasteiger partial charge in [0.2, 0.25) is 17.7 Å². The number of benzene rings is 1. The van der Waals surface area contributed by atoms with E-state index in [4.69, 9.17) is 5.73 Å². The molecule has 2 heterocycles. The smallest absolute Gasteiger partial charge is 0.328 e. The molecule has 1 aliphatic heterocycles. The summed E-state index contributed by atoms with van der Waals surface area (Å²) < 4.78 is 0. The van der Waals surface area contributed by atoms with Gasteiger partial charge >= 0.3 is 5.97 Å². The molecular weight excluding hydrogens is 478 g/mol. The summed E-state index contributed by atoms with van der Waals surface area (Å²) >= 11 is 0. The summed E-state index contributed by atoms with van der Waals surface area (Å²) in [4.78, 5) is 55.5. The van der Waals surface area contributed by atoms with Crippen LogP contribution < -0.4 is 16.4 Å². The molecule has 202 valence electrons. The predicted molar refractivity (Wildman–Crippen MR) is 137 cm³/mol. The quantitative estimate of drug-likeness (QED) is 0.252. The molecule has 0 saturated carbocycles. The van der Waals surface area contributed by atoms with E-state index in [0.29, 0.717) is 32.2 Å². The largest absolute Gasteiger partial charge is 0.480 e. The summed E-state index contributed by atoms with van der Waals surface area (Å²) in [7, 11) is 0. The highest BCUT2D eigenvalue weighted by Crippen LogP contribution is 2.22. The molecule has 6 atom stereocenters.